The number of nitrogen functional groups attached to an aromatic ring is 1. The third kappa shape index (κ3) is 2.81. The van der Waals surface area contributed by atoms with Crippen LogP contribution in [-0.2, 0) is 12.8 Å². The molecule has 0 saturated heterocycles. The maximum Gasteiger partial charge on any atom is 0.126 e. The lowest BCUT2D eigenvalue weighted by Crippen LogP contribution is -1.98. The van der Waals surface area contributed by atoms with Gasteiger partial charge in [-0.1, -0.05) is 19.1 Å². The van der Waals surface area contributed by atoms with Gasteiger partial charge < -0.3 is 5.73 Å². The maximum absolute atomic E-state index is 5.69. The van der Waals surface area contributed by atoms with Crippen molar-refractivity contribution in [1.82, 2.24) is 9.97 Å². The zero-order valence-electron chi connectivity index (χ0n) is 10.3. The van der Waals surface area contributed by atoms with Crippen LogP contribution in [0.5, 0.6) is 0 Å². The summed E-state index contributed by atoms with van der Waals surface area (Å²) in [4.78, 5) is 8.60. The first-order chi connectivity index (χ1) is 8.19. The highest BCUT2D eigenvalue weighted by molar-refractivity contribution is 5.40. The van der Waals surface area contributed by atoms with E-state index < -0.39 is 0 Å². The Kier molecular flexibility index (Phi) is 3.38. The van der Waals surface area contributed by atoms with E-state index in [1.54, 1.807) is 0 Å². The van der Waals surface area contributed by atoms with E-state index in [9.17, 15) is 0 Å². The Balaban J connectivity index is 2.16. The van der Waals surface area contributed by atoms with Crippen LogP contribution < -0.4 is 5.73 Å². The summed E-state index contributed by atoms with van der Waals surface area (Å²) >= 11 is 0. The van der Waals surface area contributed by atoms with E-state index in [0.29, 0.717) is 5.82 Å². The summed E-state index contributed by atoms with van der Waals surface area (Å²) in [5.74, 6) is 0.600. The molecule has 2 aromatic heterocycles. The SMILES string of the molecule is CCc1ccc(Cc2cnc(N)c(C)c2)nc1. The topological polar surface area (TPSA) is 51.8 Å². The highest BCUT2D eigenvalue weighted by atomic mass is 14.8. The Morgan fingerprint density at radius 1 is 1.12 bits per heavy atom. The molecule has 88 valence electrons. The maximum atomic E-state index is 5.69. The number of pyridine rings is 2. The predicted molar refractivity (Wildman–Crippen MR) is 69.8 cm³/mol. The number of anilines is 1. The van der Waals surface area contributed by atoms with Gasteiger partial charge in [0.25, 0.3) is 0 Å². The number of rotatable bonds is 3. The summed E-state index contributed by atoms with van der Waals surface area (Å²) in [5.41, 5.74) is 10.2. The summed E-state index contributed by atoms with van der Waals surface area (Å²) < 4.78 is 0. The zero-order valence-corrected chi connectivity index (χ0v) is 10.3. The summed E-state index contributed by atoms with van der Waals surface area (Å²) in [7, 11) is 0. The molecule has 0 spiro atoms. The normalized spacial score (nSPS) is 10.5. The van der Waals surface area contributed by atoms with Gasteiger partial charge in [-0.3, -0.25) is 4.98 Å². The number of aromatic nitrogens is 2. The fraction of sp³-hybridized carbons (Fsp3) is 0.286. The third-order valence-electron chi connectivity index (χ3n) is 2.85. The van der Waals surface area contributed by atoms with Crippen molar-refractivity contribution < 1.29 is 0 Å². The molecule has 3 heteroatoms. The summed E-state index contributed by atoms with van der Waals surface area (Å²) in [6, 6.07) is 6.27. The van der Waals surface area contributed by atoms with E-state index in [1.165, 1.54) is 5.56 Å². The third-order valence-corrected chi connectivity index (χ3v) is 2.85. The smallest absolute Gasteiger partial charge is 0.126 e. The van der Waals surface area contributed by atoms with Gasteiger partial charge in [0, 0.05) is 24.5 Å². The second kappa shape index (κ2) is 4.95. The Hall–Kier alpha value is -1.90. The molecule has 2 heterocycles. The van der Waals surface area contributed by atoms with Crippen LogP contribution in [0.1, 0.15) is 29.3 Å². The van der Waals surface area contributed by atoms with E-state index in [2.05, 4.69) is 35.1 Å². The molecule has 0 radical (unpaired) electrons. The van der Waals surface area contributed by atoms with Gasteiger partial charge in [-0.25, -0.2) is 4.98 Å². The number of nitrogens with zero attached hydrogens (tertiary/aromatic N) is 2. The molecular weight excluding hydrogens is 210 g/mol. The first kappa shape index (κ1) is 11.6. The average molecular weight is 227 g/mol. The van der Waals surface area contributed by atoms with Crippen LogP contribution in [-0.4, -0.2) is 9.97 Å². The Morgan fingerprint density at radius 3 is 2.47 bits per heavy atom. The first-order valence-corrected chi connectivity index (χ1v) is 5.84. The van der Waals surface area contributed by atoms with Gasteiger partial charge in [0.15, 0.2) is 0 Å². The van der Waals surface area contributed by atoms with Crippen LogP contribution in [0.2, 0.25) is 0 Å². The van der Waals surface area contributed by atoms with Crippen LogP contribution in [0.15, 0.2) is 30.6 Å². The molecule has 0 fully saturated rings. The fourth-order valence-corrected chi connectivity index (χ4v) is 1.72. The highest BCUT2D eigenvalue weighted by Crippen LogP contribution is 2.12. The van der Waals surface area contributed by atoms with Crippen LogP contribution in [0.25, 0.3) is 0 Å². The van der Waals surface area contributed by atoms with Gasteiger partial charge >= 0.3 is 0 Å². The van der Waals surface area contributed by atoms with Crippen molar-refractivity contribution in [3.05, 3.63) is 53.0 Å². The monoisotopic (exact) mass is 227 g/mol. The van der Waals surface area contributed by atoms with Gasteiger partial charge in [0.2, 0.25) is 0 Å². The van der Waals surface area contributed by atoms with Gasteiger partial charge in [-0.05, 0) is 36.1 Å². The molecule has 0 aliphatic rings. The van der Waals surface area contributed by atoms with Gasteiger partial charge in [-0.2, -0.15) is 0 Å². The van der Waals surface area contributed by atoms with E-state index >= 15 is 0 Å². The van der Waals surface area contributed by atoms with Gasteiger partial charge in [-0.15, -0.1) is 0 Å². The van der Waals surface area contributed by atoms with Crippen LogP contribution in [0.4, 0.5) is 5.82 Å². The quantitative estimate of drug-likeness (QED) is 0.876. The fourth-order valence-electron chi connectivity index (χ4n) is 1.72. The molecule has 0 aliphatic heterocycles. The second-order valence-electron chi connectivity index (χ2n) is 4.23. The summed E-state index contributed by atoms with van der Waals surface area (Å²) in [5, 5.41) is 0. The lowest BCUT2D eigenvalue weighted by molar-refractivity contribution is 1.02. The van der Waals surface area contributed by atoms with Crippen LogP contribution >= 0.6 is 0 Å². The molecule has 0 atom stereocenters. The van der Waals surface area contributed by atoms with Gasteiger partial charge in [0.05, 0.1) is 0 Å². The lowest BCUT2D eigenvalue weighted by atomic mass is 10.1. The van der Waals surface area contributed by atoms with Crippen molar-refractivity contribution in [1.29, 1.82) is 0 Å². The van der Waals surface area contributed by atoms with Crippen molar-refractivity contribution in [3.63, 3.8) is 0 Å². The molecule has 0 saturated carbocycles. The zero-order chi connectivity index (χ0) is 12.3. The highest BCUT2D eigenvalue weighted by Gasteiger charge is 2.01. The molecule has 0 bridgehead atoms. The van der Waals surface area contributed by atoms with Crippen molar-refractivity contribution in [2.75, 3.05) is 5.73 Å². The summed E-state index contributed by atoms with van der Waals surface area (Å²) in [6.07, 6.45) is 5.58. The van der Waals surface area contributed by atoms with Crippen molar-refractivity contribution >= 4 is 5.82 Å². The molecule has 2 aromatic rings. The van der Waals surface area contributed by atoms with Crippen molar-refractivity contribution in [2.24, 2.45) is 0 Å². The predicted octanol–water partition coefficient (Wildman–Crippen LogP) is 2.52. The van der Waals surface area contributed by atoms with Crippen molar-refractivity contribution in [3.8, 4) is 0 Å². The molecule has 17 heavy (non-hydrogen) atoms. The molecule has 0 aliphatic carbocycles. The molecule has 3 nitrogen and oxygen atoms in total. The average Bonchev–Trinajstić information content (AvgIpc) is 2.35. The van der Waals surface area contributed by atoms with Gasteiger partial charge in [0.1, 0.15) is 5.82 Å². The molecule has 0 amide bonds. The molecular formula is C14H17N3. The number of hydrogen-bond donors (Lipinski definition) is 1. The molecule has 0 aromatic carbocycles. The minimum absolute atomic E-state index is 0.600. The molecule has 2 N–H and O–H groups in total. The number of aryl methyl sites for hydroxylation is 2. The Morgan fingerprint density at radius 2 is 1.88 bits per heavy atom. The molecule has 0 unspecified atom stereocenters. The molecule has 2 rings (SSSR count). The second-order valence-corrected chi connectivity index (χ2v) is 4.23. The first-order valence-electron chi connectivity index (χ1n) is 5.84. The van der Waals surface area contributed by atoms with Crippen molar-refractivity contribution in [2.45, 2.75) is 26.7 Å². The van der Waals surface area contributed by atoms with E-state index in [4.69, 9.17) is 5.73 Å². The summed E-state index contributed by atoms with van der Waals surface area (Å²) in [6.45, 7) is 4.10. The minimum Gasteiger partial charge on any atom is -0.383 e. The van der Waals surface area contributed by atoms with E-state index in [-0.39, 0.29) is 0 Å². The minimum atomic E-state index is 0.600. The largest absolute Gasteiger partial charge is 0.383 e. The standard InChI is InChI=1S/C14H17N3/c1-3-11-4-5-13(16-8-11)7-12-6-10(2)14(15)17-9-12/h4-6,8-9H,3,7H2,1-2H3,(H2,15,17). The number of hydrogen-bond acceptors (Lipinski definition) is 3. The Bertz CT molecular complexity index is 503. The lowest BCUT2D eigenvalue weighted by Gasteiger charge is -2.04. The van der Waals surface area contributed by atoms with Crippen LogP contribution in [0, 0.1) is 6.92 Å². The van der Waals surface area contributed by atoms with E-state index in [0.717, 1.165) is 29.7 Å². The number of nitrogens with two attached hydrogens (primary N) is 1. The van der Waals surface area contributed by atoms with E-state index in [1.807, 2.05) is 19.3 Å². The van der Waals surface area contributed by atoms with Crippen LogP contribution in [0.3, 0.4) is 0 Å². The Labute approximate surface area is 102 Å².